The van der Waals surface area contributed by atoms with Crippen LogP contribution in [0.1, 0.15) is 58.9 Å². The Bertz CT molecular complexity index is 835. The van der Waals surface area contributed by atoms with E-state index in [9.17, 15) is 19.6 Å². The van der Waals surface area contributed by atoms with Crippen LogP contribution in [0.3, 0.4) is 0 Å². The summed E-state index contributed by atoms with van der Waals surface area (Å²) in [4.78, 5) is 39.5. The van der Waals surface area contributed by atoms with Gasteiger partial charge in [0.05, 0.1) is 17.8 Å². The summed E-state index contributed by atoms with van der Waals surface area (Å²) in [6.07, 6.45) is 6.16. The highest BCUT2D eigenvalue weighted by atomic mass is 16.5. The zero-order valence-corrected chi connectivity index (χ0v) is 21.5. The number of nitrogens with one attached hydrogen (secondary N) is 3. The van der Waals surface area contributed by atoms with Crippen LogP contribution in [0.5, 0.6) is 0 Å². The van der Waals surface area contributed by atoms with E-state index in [1.165, 1.54) is 5.01 Å². The molecule has 1 aliphatic heterocycles. The summed E-state index contributed by atoms with van der Waals surface area (Å²) in [5, 5.41) is 14.1. The van der Waals surface area contributed by atoms with Gasteiger partial charge in [-0.15, -0.1) is 0 Å². The largest absolute Gasteiger partial charge is 0.316 e. The molecule has 3 amide bonds. The summed E-state index contributed by atoms with van der Waals surface area (Å²) in [5.41, 5.74) is 5.57. The number of hydroxylamine groups is 1. The van der Waals surface area contributed by atoms with Gasteiger partial charge in [0.15, 0.2) is 0 Å². The Balaban J connectivity index is 2.23. The summed E-state index contributed by atoms with van der Waals surface area (Å²) in [7, 11) is 0. The lowest BCUT2D eigenvalue weighted by Gasteiger charge is -2.33. The molecule has 1 aromatic carbocycles. The molecule has 3 atom stereocenters. The smallest absolute Gasteiger partial charge is 0.247 e. The third-order valence-corrected chi connectivity index (χ3v) is 6.20. The molecule has 0 saturated carbocycles. The maximum absolute atomic E-state index is 13.5. The van der Waals surface area contributed by atoms with Crippen molar-refractivity contribution in [1.29, 1.82) is 0 Å². The van der Waals surface area contributed by atoms with Crippen molar-refractivity contribution in [3.63, 3.8) is 0 Å². The van der Waals surface area contributed by atoms with E-state index in [1.54, 1.807) is 5.48 Å². The minimum atomic E-state index is -0.783. The summed E-state index contributed by atoms with van der Waals surface area (Å²) in [6, 6.07) is 9.68. The van der Waals surface area contributed by atoms with Gasteiger partial charge >= 0.3 is 0 Å². The van der Waals surface area contributed by atoms with Gasteiger partial charge in [-0.2, -0.15) is 0 Å². The van der Waals surface area contributed by atoms with Crippen molar-refractivity contribution in [3.05, 3.63) is 42.0 Å². The summed E-state index contributed by atoms with van der Waals surface area (Å²) in [5.74, 6) is -2.48. The lowest BCUT2D eigenvalue weighted by Crippen LogP contribution is -2.55. The molecule has 0 aromatic heterocycles. The maximum atomic E-state index is 13.5. The predicted molar refractivity (Wildman–Crippen MR) is 137 cm³/mol. The molecule has 1 saturated heterocycles. The topological polar surface area (TPSA) is 111 Å². The fourth-order valence-electron chi connectivity index (χ4n) is 4.47. The Morgan fingerprint density at radius 2 is 1.80 bits per heavy atom. The van der Waals surface area contributed by atoms with E-state index in [-0.39, 0.29) is 36.0 Å². The van der Waals surface area contributed by atoms with Crippen molar-refractivity contribution in [2.45, 2.75) is 53.4 Å². The molecule has 1 aliphatic rings. The molecular weight excluding hydrogens is 444 g/mol. The summed E-state index contributed by atoms with van der Waals surface area (Å²) < 4.78 is 0. The molecule has 1 unspecified atom stereocenters. The average molecular weight is 487 g/mol. The Hall–Kier alpha value is -2.71. The van der Waals surface area contributed by atoms with Crippen molar-refractivity contribution >= 4 is 23.8 Å². The first-order chi connectivity index (χ1) is 16.7. The van der Waals surface area contributed by atoms with E-state index >= 15 is 0 Å². The molecule has 8 heteroatoms. The second kappa shape index (κ2) is 14.6. The Morgan fingerprint density at radius 1 is 1.09 bits per heavy atom. The highest BCUT2D eigenvalue weighted by Gasteiger charge is 2.36. The fraction of sp³-hybridized carbons (Fsp3) is 0.593. The number of amides is 3. The molecule has 1 aromatic rings. The Labute approximate surface area is 209 Å². The van der Waals surface area contributed by atoms with Gasteiger partial charge in [-0.05, 0) is 49.6 Å². The number of nitrogens with zero attached hydrogens (tertiary/aromatic N) is 1. The van der Waals surface area contributed by atoms with Crippen LogP contribution in [0.4, 0.5) is 0 Å². The normalized spacial score (nSPS) is 17.9. The van der Waals surface area contributed by atoms with Gasteiger partial charge in [0.1, 0.15) is 0 Å². The lowest BCUT2D eigenvalue weighted by atomic mass is 9.82. The maximum Gasteiger partial charge on any atom is 0.247 e. The van der Waals surface area contributed by atoms with Crippen molar-refractivity contribution in [3.8, 4) is 0 Å². The average Bonchev–Trinajstić information content (AvgIpc) is 2.85. The molecule has 1 heterocycles. The van der Waals surface area contributed by atoms with E-state index in [0.717, 1.165) is 24.9 Å². The van der Waals surface area contributed by atoms with Crippen LogP contribution in [0.15, 0.2) is 36.4 Å². The number of hydrazine groups is 1. The van der Waals surface area contributed by atoms with Gasteiger partial charge in [0, 0.05) is 13.1 Å². The van der Waals surface area contributed by atoms with Crippen molar-refractivity contribution in [1.82, 2.24) is 21.2 Å². The first kappa shape index (κ1) is 28.5. The number of piperidine rings is 1. The second-order valence-corrected chi connectivity index (χ2v) is 10.2. The zero-order valence-electron chi connectivity index (χ0n) is 21.5. The van der Waals surface area contributed by atoms with Crippen LogP contribution in [0, 0.1) is 29.6 Å². The lowest BCUT2D eigenvalue weighted by molar-refractivity contribution is -0.150. The minimum absolute atomic E-state index is 0.102. The van der Waals surface area contributed by atoms with Gasteiger partial charge in [-0.3, -0.25) is 30.0 Å². The minimum Gasteiger partial charge on any atom is -0.316 e. The van der Waals surface area contributed by atoms with Gasteiger partial charge in [-0.1, -0.05) is 70.2 Å². The molecule has 35 heavy (non-hydrogen) atoms. The Morgan fingerprint density at radius 3 is 2.37 bits per heavy atom. The molecule has 2 rings (SSSR count). The van der Waals surface area contributed by atoms with Gasteiger partial charge in [0.2, 0.25) is 17.7 Å². The molecule has 194 valence electrons. The zero-order chi connectivity index (χ0) is 25.8. The fourth-order valence-corrected chi connectivity index (χ4v) is 4.47. The SMILES string of the molecule is CC(C)C[C@@H](C(=O)NN(CC(C)C)C(=O)C1CCCNC1)[C@H](CC=Cc1ccccc1)C(=O)NO. The van der Waals surface area contributed by atoms with Gasteiger partial charge in [0.25, 0.3) is 0 Å². The third kappa shape index (κ3) is 9.45. The van der Waals surface area contributed by atoms with E-state index in [4.69, 9.17) is 0 Å². The number of allylic oxidation sites excluding steroid dienone is 1. The van der Waals surface area contributed by atoms with Crippen LogP contribution in [0.25, 0.3) is 6.08 Å². The van der Waals surface area contributed by atoms with E-state index in [2.05, 4.69) is 10.7 Å². The van der Waals surface area contributed by atoms with Crippen LogP contribution in [0.2, 0.25) is 0 Å². The molecule has 0 aliphatic carbocycles. The van der Waals surface area contributed by atoms with Crippen LogP contribution in [-0.2, 0) is 14.4 Å². The number of rotatable bonds is 11. The van der Waals surface area contributed by atoms with E-state index in [0.29, 0.717) is 19.5 Å². The molecule has 0 radical (unpaired) electrons. The van der Waals surface area contributed by atoms with Crippen molar-refractivity contribution in [2.24, 2.45) is 29.6 Å². The number of hydrogen-bond donors (Lipinski definition) is 4. The summed E-state index contributed by atoms with van der Waals surface area (Å²) in [6.45, 7) is 9.84. The summed E-state index contributed by atoms with van der Waals surface area (Å²) >= 11 is 0. The molecular formula is C27H42N4O4. The number of carbonyl (C=O) groups excluding carboxylic acids is 3. The number of hydrogen-bond acceptors (Lipinski definition) is 5. The van der Waals surface area contributed by atoms with E-state index in [1.807, 2.05) is 70.2 Å². The first-order valence-corrected chi connectivity index (χ1v) is 12.7. The quantitative estimate of drug-likeness (QED) is 0.283. The molecule has 4 N–H and O–H groups in total. The van der Waals surface area contributed by atoms with Crippen molar-refractivity contribution < 1.29 is 19.6 Å². The third-order valence-electron chi connectivity index (χ3n) is 6.20. The Kier molecular flexibility index (Phi) is 11.9. The van der Waals surface area contributed by atoms with Gasteiger partial charge < -0.3 is 5.32 Å². The monoisotopic (exact) mass is 486 g/mol. The number of carbonyl (C=O) groups is 3. The van der Waals surface area contributed by atoms with E-state index < -0.39 is 17.7 Å². The first-order valence-electron chi connectivity index (χ1n) is 12.7. The highest BCUT2D eigenvalue weighted by Crippen LogP contribution is 2.26. The second-order valence-electron chi connectivity index (χ2n) is 10.2. The highest BCUT2D eigenvalue weighted by molar-refractivity contribution is 5.89. The van der Waals surface area contributed by atoms with Crippen LogP contribution < -0.4 is 16.2 Å². The molecule has 1 fully saturated rings. The predicted octanol–water partition coefficient (Wildman–Crippen LogP) is 3.39. The number of benzene rings is 1. The molecule has 8 nitrogen and oxygen atoms in total. The van der Waals surface area contributed by atoms with Gasteiger partial charge in [-0.25, -0.2) is 5.48 Å². The van der Waals surface area contributed by atoms with Crippen molar-refractivity contribution in [2.75, 3.05) is 19.6 Å². The van der Waals surface area contributed by atoms with Crippen LogP contribution in [-0.4, -0.2) is 47.6 Å². The molecule has 0 bridgehead atoms. The standard InChI is InChI=1S/C27H42N4O4/c1-19(2)16-24(23(26(33)30-35)14-8-12-21-10-6-5-7-11-21)25(32)29-31(18-20(3)4)27(34)22-13-9-15-28-17-22/h5-8,10-12,19-20,22-24,28,35H,9,13-18H2,1-4H3,(H,29,32)(H,30,33)/t22?,23-,24+/m0/s1. The molecule has 0 spiro atoms. The van der Waals surface area contributed by atoms with Crippen LogP contribution >= 0.6 is 0 Å².